The molecule has 1 aromatic carbocycles. The van der Waals surface area contributed by atoms with Crippen LogP contribution in [-0.4, -0.2) is 34.2 Å². The third kappa shape index (κ3) is 2.58. The van der Waals surface area contributed by atoms with E-state index in [0.29, 0.717) is 11.3 Å². The number of carbonyl (C=O) groups excluding carboxylic acids is 3. The third-order valence-corrected chi connectivity index (χ3v) is 3.39. The van der Waals surface area contributed by atoms with Crippen molar-refractivity contribution in [1.82, 2.24) is 9.88 Å². The van der Waals surface area contributed by atoms with Crippen molar-refractivity contribution in [3.8, 4) is 0 Å². The van der Waals surface area contributed by atoms with Crippen LogP contribution in [0.1, 0.15) is 27.1 Å². The second-order valence-corrected chi connectivity index (χ2v) is 4.85. The minimum atomic E-state index is -0.402. The molecule has 0 spiro atoms. The average molecular weight is 295 g/mol. The average Bonchev–Trinajstić information content (AvgIpc) is 2.78. The first-order valence-electron chi connectivity index (χ1n) is 6.82. The first-order chi connectivity index (χ1) is 10.7. The normalized spacial score (nSPS) is 13.2. The highest BCUT2D eigenvalue weighted by Crippen LogP contribution is 2.21. The van der Waals surface area contributed by atoms with Crippen LogP contribution in [0, 0.1) is 0 Å². The Hall–Kier alpha value is -3.02. The fourth-order valence-corrected chi connectivity index (χ4v) is 2.30. The third-order valence-electron chi connectivity index (χ3n) is 3.39. The monoisotopic (exact) mass is 295 g/mol. The second-order valence-electron chi connectivity index (χ2n) is 4.85. The first kappa shape index (κ1) is 13.9. The fourth-order valence-electron chi connectivity index (χ4n) is 2.30. The van der Waals surface area contributed by atoms with E-state index < -0.39 is 5.91 Å². The van der Waals surface area contributed by atoms with E-state index in [1.54, 1.807) is 12.1 Å². The van der Waals surface area contributed by atoms with Crippen LogP contribution in [0.4, 0.5) is 5.69 Å². The van der Waals surface area contributed by atoms with E-state index in [4.69, 9.17) is 0 Å². The molecule has 0 saturated heterocycles. The SMILES string of the molecule is O=C(CCN1C(=O)c2ccncc2C1=O)Nc1ccccc1. The topological polar surface area (TPSA) is 79.4 Å². The number of benzene rings is 1. The van der Waals surface area contributed by atoms with Crippen LogP contribution in [0.2, 0.25) is 0 Å². The number of imide groups is 1. The summed E-state index contributed by atoms with van der Waals surface area (Å²) in [5, 5.41) is 2.72. The molecule has 22 heavy (non-hydrogen) atoms. The van der Waals surface area contributed by atoms with E-state index in [1.165, 1.54) is 18.5 Å². The first-order valence-corrected chi connectivity index (χ1v) is 6.82. The second kappa shape index (κ2) is 5.77. The number of nitrogens with zero attached hydrogens (tertiary/aromatic N) is 2. The van der Waals surface area contributed by atoms with Gasteiger partial charge in [0.25, 0.3) is 11.8 Å². The molecule has 3 rings (SSSR count). The molecule has 1 aliphatic rings. The number of pyridine rings is 1. The minimum Gasteiger partial charge on any atom is -0.326 e. The summed E-state index contributed by atoms with van der Waals surface area (Å²) in [4.78, 5) is 41.0. The Kier molecular flexibility index (Phi) is 3.65. The van der Waals surface area contributed by atoms with Crippen molar-refractivity contribution in [3.05, 3.63) is 59.9 Å². The highest BCUT2D eigenvalue weighted by atomic mass is 16.2. The molecule has 0 unspecified atom stereocenters. The number of rotatable bonds is 4. The Labute approximate surface area is 126 Å². The van der Waals surface area contributed by atoms with Gasteiger partial charge in [-0.25, -0.2) is 0 Å². The van der Waals surface area contributed by atoms with Gasteiger partial charge in [-0.05, 0) is 18.2 Å². The van der Waals surface area contributed by atoms with E-state index in [1.807, 2.05) is 18.2 Å². The zero-order chi connectivity index (χ0) is 15.5. The van der Waals surface area contributed by atoms with E-state index in [-0.39, 0.29) is 30.3 Å². The number of carbonyl (C=O) groups is 3. The molecule has 1 aliphatic heterocycles. The molecule has 0 bridgehead atoms. The Morgan fingerprint density at radius 1 is 1.05 bits per heavy atom. The van der Waals surface area contributed by atoms with Gasteiger partial charge in [0.2, 0.25) is 5.91 Å². The summed E-state index contributed by atoms with van der Waals surface area (Å²) in [7, 11) is 0. The number of hydrogen-bond donors (Lipinski definition) is 1. The van der Waals surface area contributed by atoms with Crippen LogP contribution in [0.3, 0.4) is 0 Å². The molecule has 0 atom stereocenters. The lowest BCUT2D eigenvalue weighted by Crippen LogP contribution is -2.32. The highest BCUT2D eigenvalue weighted by Gasteiger charge is 2.35. The number of para-hydroxylation sites is 1. The molecule has 2 aromatic rings. The van der Waals surface area contributed by atoms with Crippen LogP contribution < -0.4 is 5.32 Å². The quantitative estimate of drug-likeness (QED) is 0.871. The lowest BCUT2D eigenvalue weighted by molar-refractivity contribution is -0.116. The molecule has 6 heteroatoms. The summed E-state index contributed by atoms with van der Waals surface area (Å²) in [6.07, 6.45) is 2.89. The molecule has 110 valence electrons. The molecule has 3 amide bonds. The van der Waals surface area contributed by atoms with Crippen LogP contribution in [0.5, 0.6) is 0 Å². The van der Waals surface area contributed by atoms with Crippen LogP contribution in [0.15, 0.2) is 48.8 Å². The molecule has 1 aromatic heterocycles. The van der Waals surface area contributed by atoms with Gasteiger partial charge in [0.1, 0.15) is 0 Å². The van der Waals surface area contributed by atoms with Crippen LogP contribution >= 0.6 is 0 Å². The largest absolute Gasteiger partial charge is 0.326 e. The summed E-state index contributed by atoms with van der Waals surface area (Å²) in [5.41, 5.74) is 1.30. The summed E-state index contributed by atoms with van der Waals surface area (Å²) < 4.78 is 0. The minimum absolute atomic E-state index is 0.0466. The lowest BCUT2D eigenvalue weighted by atomic mass is 10.2. The van der Waals surface area contributed by atoms with Crippen molar-refractivity contribution in [2.75, 3.05) is 11.9 Å². The van der Waals surface area contributed by atoms with Gasteiger partial charge in [0.15, 0.2) is 0 Å². The molecule has 0 aliphatic carbocycles. The molecular formula is C16H13N3O3. The number of aromatic nitrogens is 1. The Bertz CT molecular complexity index is 708. The number of fused-ring (bicyclic) bond motifs is 1. The van der Waals surface area contributed by atoms with Crippen molar-refractivity contribution in [2.45, 2.75) is 6.42 Å². The molecule has 6 nitrogen and oxygen atoms in total. The Morgan fingerprint density at radius 2 is 1.77 bits per heavy atom. The maximum Gasteiger partial charge on any atom is 0.263 e. The summed E-state index contributed by atoms with van der Waals surface area (Å²) >= 11 is 0. The van der Waals surface area contributed by atoms with Gasteiger partial charge >= 0.3 is 0 Å². The molecule has 0 fully saturated rings. The fraction of sp³-hybridized carbons (Fsp3) is 0.125. The van der Waals surface area contributed by atoms with E-state index in [9.17, 15) is 14.4 Å². The summed E-state index contributed by atoms with van der Waals surface area (Å²) in [6.45, 7) is 0.0466. The zero-order valence-electron chi connectivity index (χ0n) is 11.7. The lowest BCUT2D eigenvalue weighted by Gasteiger charge is -2.13. The standard InChI is InChI=1S/C16H13N3O3/c20-14(18-11-4-2-1-3-5-11)7-9-19-15(21)12-6-8-17-10-13(12)16(19)22/h1-6,8,10H,7,9H2,(H,18,20). The maximum atomic E-state index is 12.1. The highest BCUT2D eigenvalue weighted by molar-refractivity contribution is 6.21. The smallest absolute Gasteiger partial charge is 0.263 e. The molecular weight excluding hydrogens is 282 g/mol. The van der Waals surface area contributed by atoms with Crippen molar-refractivity contribution in [3.63, 3.8) is 0 Å². The number of hydrogen-bond acceptors (Lipinski definition) is 4. The van der Waals surface area contributed by atoms with Gasteiger partial charge in [-0.15, -0.1) is 0 Å². The van der Waals surface area contributed by atoms with Gasteiger partial charge in [0.05, 0.1) is 11.1 Å². The summed E-state index contributed by atoms with van der Waals surface area (Å²) in [5.74, 6) is -1.03. The van der Waals surface area contributed by atoms with Gasteiger partial charge in [-0.3, -0.25) is 24.3 Å². The van der Waals surface area contributed by atoms with E-state index in [2.05, 4.69) is 10.3 Å². The maximum absolute atomic E-state index is 12.1. The van der Waals surface area contributed by atoms with Crippen molar-refractivity contribution < 1.29 is 14.4 Å². The molecule has 2 heterocycles. The number of anilines is 1. The molecule has 0 radical (unpaired) electrons. The predicted molar refractivity (Wildman–Crippen MR) is 79.3 cm³/mol. The van der Waals surface area contributed by atoms with Gasteiger partial charge in [0, 0.05) is 31.0 Å². The van der Waals surface area contributed by atoms with E-state index in [0.717, 1.165) is 4.90 Å². The van der Waals surface area contributed by atoms with Gasteiger partial charge in [-0.2, -0.15) is 0 Å². The number of amides is 3. The Balaban J connectivity index is 1.62. The summed E-state index contributed by atoms with van der Waals surface area (Å²) in [6, 6.07) is 10.5. The number of nitrogens with one attached hydrogen (secondary N) is 1. The van der Waals surface area contributed by atoms with Gasteiger partial charge < -0.3 is 5.32 Å². The van der Waals surface area contributed by atoms with Crippen molar-refractivity contribution in [1.29, 1.82) is 0 Å². The van der Waals surface area contributed by atoms with Crippen molar-refractivity contribution >= 4 is 23.4 Å². The van der Waals surface area contributed by atoms with Crippen LogP contribution in [0.25, 0.3) is 0 Å². The van der Waals surface area contributed by atoms with E-state index >= 15 is 0 Å². The van der Waals surface area contributed by atoms with Gasteiger partial charge in [-0.1, -0.05) is 18.2 Å². The predicted octanol–water partition coefficient (Wildman–Crippen LogP) is 1.71. The van der Waals surface area contributed by atoms with Crippen LogP contribution in [-0.2, 0) is 4.79 Å². The zero-order valence-corrected chi connectivity index (χ0v) is 11.7. The van der Waals surface area contributed by atoms with Crippen molar-refractivity contribution in [2.24, 2.45) is 0 Å². The Morgan fingerprint density at radius 3 is 2.50 bits per heavy atom. The molecule has 1 N–H and O–H groups in total. The molecule has 0 saturated carbocycles.